The van der Waals surface area contributed by atoms with E-state index in [9.17, 15) is 0 Å². The van der Waals surface area contributed by atoms with E-state index in [0.29, 0.717) is 0 Å². The summed E-state index contributed by atoms with van der Waals surface area (Å²) in [5.41, 5.74) is 2.68. The number of hydrogen-bond acceptors (Lipinski definition) is 3. The van der Waals surface area contributed by atoms with Gasteiger partial charge in [0.25, 0.3) is 0 Å². The first kappa shape index (κ1) is 16.3. The highest BCUT2D eigenvalue weighted by molar-refractivity contribution is 14.1. The Morgan fingerprint density at radius 2 is 2.04 bits per heavy atom. The Balaban J connectivity index is 1.77. The van der Waals surface area contributed by atoms with Gasteiger partial charge < -0.3 is 14.2 Å². The number of ether oxygens (including phenoxy) is 1. The van der Waals surface area contributed by atoms with Crippen molar-refractivity contribution in [2.75, 3.05) is 20.1 Å². The van der Waals surface area contributed by atoms with E-state index in [-0.39, 0.29) is 12.2 Å². The van der Waals surface area contributed by atoms with Crippen molar-refractivity contribution in [1.82, 2.24) is 14.5 Å². The van der Waals surface area contributed by atoms with Crippen LogP contribution in [0.25, 0.3) is 0 Å². The predicted octanol–water partition coefficient (Wildman–Crippen LogP) is 3.46. The minimum atomic E-state index is -0.0535. The summed E-state index contributed by atoms with van der Waals surface area (Å²) in [6, 6.07) is 8.69. The number of hydrogen-bond donors (Lipinski definition) is 0. The van der Waals surface area contributed by atoms with Crippen molar-refractivity contribution in [2.24, 2.45) is 0 Å². The Labute approximate surface area is 163 Å². The lowest BCUT2D eigenvalue weighted by Gasteiger charge is -2.22. The number of halogens is 2. The summed E-state index contributed by atoms with van der Waals surface area (Å²) < 4.78 is 11.2. The van der Waals surface area contributed by atoms with Crippen LogP contribution >= 0.6 is 45.2 Å². The van der Waals surface area contributed by atoms with E-state index in [0.717, 1.165) is 42.0 Å². The first-order valence-electron chi connectivity index (χ1n) is 7.96. The van der Waals surface area contributed by atoms with E-state index in [4.69, 9.17) is 9.72 Å². The Kier molecular flexibility index (Phi) is 4.68. The normalized spacial score (nSPS) is 24.3. The second-order valence-electron chi connectivity index (χ2n) is 6.34. The summed E-state index contributed by atoms with van der Waals surface area (Å²) >= 11 is 4.74. The molecule has 4 rings (SSSR count). The predicted molar refractivity (Wildman–Crippen MR) is 107 cm³/mol. The van der Waals surface area contributed by atoms with Crippen LogP contribution in [0.3, 0.4) is 0 Å². The van der Waals surface area contributed by atoms with Crippen molar-refractivity contribution in [3.63, 3.8) is 0 Å². The molecule has 1 saturated heterocycles. The van der Waals surface area contributed by atoms with Crippen molar-refractivity contribution in [3.8, 4) is 0 Å². The van der Waals surface area contributed by atoms with Crippen molar-refractivity contribution in [2.45, 2.75) is 31.6 Å². The monoisotopic (exact) mass is 535 g/mol. The molecule has 0 N–H and O–H groups in total. The van der Waals surface area contributed by atoms with Gasteiger partial charge in [0.15, 0.2) is 0 Å². The number of fused-ring (bicyclic) bond motifs is 2. The minimum absolute atomic E-state index is 0.0535. The van der Waals surface area contributed by atoms with Crippen LogP contribution in [0, 0.1) is 7.40 Å². The zero-order chi connectivity index (χ0) is 16.0. The number of imidazole rings is 1. The van der Waals surface area contributed by atoms with Gasteiger partial charge in [-0.1, -0.05) is 24.3 Å². The van der Waals surface area contributed by atoms with Gasteiger partial charge in [0.05, 0.1) is 6.10 Å². The molecule has 4 nitrogen and oxygen atoms in total. The molecule has 1 fully saturated rings. The highest BCUT2D eigenvalue weighted by Crippen LogP contribution is 2.35. The van der Waals surface area contributed by atoms with Gasteiger partial charge in [-0.25, -0.2) is 4.98 Å². The largest absolute Gasteiger partial charge is 0.361 e. The lowest BCUT2D eigenvalue weighted by molar-refractivity contribution is 0.00996. The first-order valence-corrected chi connectivity index (χ1v) is 10.1. The molecule has 2 aliphatic heterocycles. The molecule has 23 heavy (non-hydrogen) atoms. The van der Waals surface area contributed by atoms with Crippen LogP contribution in [-0.4, -0.2) is 40.7 Å². The second-order valence-corrected chi connectivity index (χ2v) is 8.38. The molecule has 1 aromatic carbocycles. The van der Waals surface area contributed by atoms with Crippen molar-refractivity contribution in [1.29, 1.82) is 0 Å². The van der Waals surface area contributed by atoms with Crippen LogP contribution in [0.2, 0.25) is 0 Å². The summed E-state index contributed by atoms with van der Waals surface area (Å²) in [6.07, 6.45) is 2.37. The molecule has 2 atom stereocenters. The van der Waals surface area contributed by atoms with Gasteiger partial charge in [0, 0.05) is 19.6 Å². The van der Waals surface area contributed by atoms with E-state index in [1.807, 2.05) is 0 Å². The quantitative estimate of drug-likeness (QED) is 0.553. The summed E-state index contributed by atoms with van der Waals surface area (Å²) in [5, 5.41) is 0. The fourth-order valence-electron chi connectivity index (χ4n) is 3.55. The van der Waals surface area contributed by atoms with Gasteiger partial charge in [-0.3, -0.25) is 0 Å². The van der Waals surface area contributed by atoms with Crippen molar-refractivity contribution >= 4 is 45.2 Å². The zero-order valence-corrected chi connectivity index (χ0v) is 17.3. The third-order valence-electron chi connectivity index (χ3n) is 4.75. The molecule has 122 valence electrons. The topological polar surface area (TPSA) is 30.3 Å². The van der Waals surface area contributed by atoms with E-state index < -0.39 is 0 Å². The highest BCUT2D eigenvalue weighted by Gasteiger charge is 2.32. The van der Waals surface area contributed by atoms with Gasteiger partial charge in [0.1, 0.15) is 19.3 Å². The third kappa shape index (κ3) is 3.07. The molecule has 6 heteroatoms. The molecular formula is C17H19I2N3O. The van der Waals surface area contributed by atoms with Crippen molar-refractivity contribution in [3.05, 3.63) is 48.6 Å². The summed E-state index contributed by atoms with van der Waals surface area (Å²) in [7, 11) is 2.16. The van der Waals surface area contributed by atoms with Gasteiger partial charge in [-0.2, -0.15) is 0 Å². The summed E-state index contributed by atoms with van der Waals surface area (Å²) in [5.74, 6) is 1.07. The molecule has 1 aromatic heterocycles. The van der Waals surface area contributed by atoms with E-state index in [1.165, 1.54) is 14.8 Å². The number of aromatic nitrogens is 2. The maximum atomic E-state index is 6.59. The third-order valence-corrected chi connectivity index (χ3v) is 7.63. The van der Waals surface area contributed by atoms with Crippen LogP contribution in [0.4, 0.5) is 0 Å². The Morgan fingerprint density at radius 1 is 1.22 bits per heavy atom. The second kappa shape index (κ2) is 6.61. The summed E-state index contributed by atoms with van der Waals surface area (Å²) in [6.45, 7) is 3.10. The van der Waals surface area contributed by atoms with Crippen LogP contribution in [0.5, 0.6) is 0 Å². The molecular weight excluding hydrogens is 516 g/mol. The molecule has 0 bridgehead atoms. The fraction of sp³-hybridized carbons (Fsp3) is 0.471. The number of rotatable bonds is 2. The number of benzene rings is 1. The van der Waals surface area contributed by atoms with E-state index in [2.05, 4.69) is 86.0 Å². The maximum absolute atomic E-state index is 6.59. The zero-order valence-electron chi connectivity index (χ0n) is 13.0. The minimum Gasteiger partial charge on any atom is -0.361 e. The molecule has 0 saturated carbocycles. The molecule has 2 aromatic rings. The smallest absolute Gasteiger partial charge is 0.144 e. The number of likely N-dealkylation sites (tertiary alicyclic amines) is 1. The standard InChI is InChI=1S/C17H19I2N3O/c1-21-8-7-12(10-21)23-14-13-5-3-2-4-11(13)6-9-22-16(19)15(18)20-17(14)22/h2-5,12,14H,6-10H2,1H3. The fourth-order valence-corrected chi connectivity index (χ4v) is 4.70. The first-order chi connectivity index (χ1) is 11.1. The molecule has 0 spiro atoms. The maximum Gasteiger partial charge on any atom is 0.144 e. The van der Waals surface area contributed by atoms with Crippen LogP contribution in [-0.2, 0) is 17.7 Å². The Morgan fingerprint density at radius 3 is 2.83 bits per heavy atom. The molecule has 3 heterocycles. The van der Waals surface area contributed by atoms with E-state index >= 15 is 0 Å². The van der Waals surface area contributed by atoms with E-state index in [1.54, 1.807) is 0 Å². The lowest BCUT2D eigenvalue weighted by atomic mass is 10.0. The van der Waals surface area contributed by atoms with Crippen LogP contribution in [0.1, 0.15) is 29.5 Å². The van der Waals surface area contributed by atoms with Crippen LogP contribution in [0.15, 0.2) is 24.3 Å². The number of likely N-dealkylation sites (N-methyl/N-ethyl adjacent to an activating group) is 1. The average Bonchev–Trinajstić information content (AvgIpc) is 3.03. The number of aryl methyl sites for hydroxylation is 1. The van der Waals surface area contributed by atoms with Crippen LogP contribution < -0.4 is 0 Å². The Hall–Kier alpha value is -0.190. The van der Waals surface area contributed by atoms with Crippen molar-refractivity contribution < 1.29 is 4.74 Å². The number of nitrogens with zero attached hydrogens (tertiary/aromatic N) is 3. The van der Waals surface area contributed by atoms with Gasteiger partial charge in [0.2, 0.25) is 0 Å². The lowest BCUT2D eigenvalue weighted by Crippen LogP contribution is -2.23. The SMILES string of the molecule is CN1CCC(OC2c3ccccc3CCn3c2nc(I)c3I)C1. The molecule has 2 unspecified atom stereocenters. The van der Waals surface area contributed by atoms with Gasteiger partial charge >= 0.3 is 0 Å². The summed E-state index contributed by atoms with van der Waals surface area (Å²) in [4.78, 5) is 7.20. The van der Waals surface area contributed by atoms with Gasteiger partial charge in [-0.15, -0.1) is 0 Å². The Bertz CT molecular complexity index is 731. The molecule has 0 aliphatic carbocycles. The molecule has 0 radical (unpaired) electrons. The molecule has 2 aliphatic rings. The molecule has 0 amide bonds. The highest BCUT2D eigenvalue weighted by atomic mass is 127. The van der Waals surface area contributed by atoms with Gasteiger partial charge in [-0.05, 0) is 76.2 Å². The average molecular weight is 535 g/mol.